The van der Waals surface area contributed by atoms with Crippen LogP contribution >= 0.6 is 0 Å². The van der Waals surface area contributed by atoms with E-state index >= 15 is 0 Å². The molecule has 0 saturated heterocycles. The van der Waals surface area contributed by atoms with E-state index in [9.17, 15) is 9.59 Å². The highest BCUT2D eigenvalue weighted by Gasteiger charge is 2.18. The summed E-state index contributed by atoms with van der Waals surface area (Å²) in [5, 5.41) is 8.53. The maximum atomic E-state index is 12.0. The molecule has 1 aromatic rings. The molecule has 1 heterocycles. The van der Waals surface area contributed by atoms with Crippen LogP contribution in [0.3, 0.4) is 0 Å². The molecular formula is C13H14O5. The Kier molecular flexibility index (Phi) is 3.50. The molecular weight excluding hydrogens is 236 g/mol. The van der Waals surface area contributed by atoms with Crippen LogP contribution < -0.4 is 9.47 Å². The Morgan fingerprint density at radius 3 is 2.56 bits per heavy atom. The highest BCUT2D eigenvalue weighted by molar-refractivity contribution is 5.98. The summed E-state index contributed by atoms with van der Waals surface area (Å²) in [7, 11) is 0. The molecule has 0 aromatic heterocycles. The molecule has 0 unspecified atom stereocenters. The fraction of sp³-hybridized carbons (Fsp3) is 0.385. The zero-order valence-corrected chi connectivity index (χ0v) is 10.1. The van der Waals surface area contributed by atoms with Crippen molar-refractivity contribution in [2.24, 2.45) is 0 Å². The SMILES string of the molecule is Cc1cc2c(cc1C(=O)CCCC(=O)O)OCO2. The number of aryl methyl sites for hydroxylation is 1. The van der Waals surface area contributed by atoms with E-state index in [2.05, 4.69) is 0 Å². The van der Waals surface area contributed by atoms with Crippen LogP contribution in [0.2, 0.25) is 0 Å². The van der Waals surface area contributed by atoms with E-state index in [-0.39, 0.29) is 25.4 Å². The lowest BCUT2D eigenvalue weighted by Gasteiger charge is -2.06. The first-order valence-corrected chi connectivity index (χ1v) is 5.73. The first kappa shape index (κ1) is 12.4. The largest absolute Gasteiger partial charge is 0.481 e. The fourth-order valence-electron chi connectivity index (χ4n) is 1.88. The average molecular weight is 250 g/mol. The lowest BCUT2D eigenvalue weighted by Crippen LogP contribution is -2.03. The molecule has 5 nitrogen and oxygen atoms in total. The molecule has 0 saturated carbocycles. The lowest BCUT2D eigenvalue weighted by atomic mass is 10.00. The maximum absolute atomic E-state index is 12.0. The van der Waals surface area contributed by atoms with Crippen molar-refractivity contribution in [2.45, 2.75) is 26.2 Å². The van der Waals surface area contributed by atoms with Gasteiger partial charge in [-0.2, -0.15) is 0 Å². The van der Waals surface area contributed by atoms with E-state index in [4.69, 9.17) is 14.6 Å². The van der Waals surface area contributed by atoms with Gasteiger partial charge in [0.1, 0.15) is 0 Å². The minimum atomic E-state index is -0.884. The Morgan fingerprint density at radius 2 is 1.89 bits per heavy atom. The number of carboxylic acids is 1. The maximum Gasteiger partial charge on any atom is 0.303 e. The number of carboxylic acid groups (broad SMARTS) is 1. The molecule has 0 amide bonds. The molecule has 0 atom stereocenters. The first-order chi connectivity index (χ1) is 8.58. The minimum Gasteiger partial charge on any atom is -0.481 e. The van der Waals surface area contributed by atoms with Gasteiger partial charge in [-0.15, -0.1) is 0 Å². The van der Waals surface area contributed by atoms with E-state index in [1.165, 1.54) is 0 Å². The van der Waals surface area contributed by atoms with Crippen molar-refractivity contribution < 1.29 is 24.2 Å². The van der Waals surface area contributed by atoms with Gasteiger partial charge in [0.2, 0.25) is 6.79 Å². The number of hydrogen-bond acceptors (Lipinski definition) is 4. The summed E-state index contributed by atoms with van der Waals surface area (Å²) in [4.78, 5) is 22.3. The Hall–Kier alpha value is -2.04. The van der Waals surface area contributed by atoms with Crippen LogP contribution in [-0.4, -0.2) is 23.7 Å². The molecule has 0 spiro atoms. The van der Waals surface area contributed by atoms with Gasteiger partial charge in [0.25, 0.3) is 0 Å². The summed E-state index contributed by atoms with van der Waals surface area (Å²) in [6, 6.07) is 3.44. The van der Waals surface area contributed by atoms with Crippen molar-refractivity contribution in [3.05, 3.63) is 23.3 Å². The summed E-state index contributed by atoms with van der Waals surface area (Å²) in [6.07, 6.45) is 0.587. The fourth-order valence-corrected chi connectivity index (χ4v) is 1.88. The Labute approximate surface area is 104 Å². The zero-order valence-electron chi connectivity index (χ0n) is 10.1. The third-order valence-electron chi connectivity index (χ3n) is 2.81. The molecule has 18 heavy (non-hydrogen) atoms. The quantitative estimate of drug-likeness (QED) is 0.811. The van der Waals surface area contributed by atoms with Crippen molar-refractivity contribution in [2.75, 3.05) is 6.79 Å². The van der Waals surface area contributed by atoms with Crippen molar-refractivity contribution in [3.8, 4) is 11.5 Å². The summed E-state index contributed by atoms with van der Waals surface area (Å²) < 4.78 is 10.4. The van der Waals surface area contributed by atoms with Crippen molar-refractivity contribution in [1.82, 2.24) is 0 Å². The minimum absolute atomic E-state index is 0.00927. The highest BCUT2D eigenvalue weighted by atomic mass is 16.7. The summed E-state index contributed by atoms with van der Waals surface area (Å²) in [5.74, 6) is 0.272. The number of Topliss-reactive ketones (excluding diaryl/α,β-unsaturated/α-hetero) is 1. The molecule has 1 N–H and O–H groups in total. The van der Waals surface area contributed by atoms with E-state index in [1.54, 1.807) is 12.1 Å². The second-order valence-electron chi connectivity index (χ2n) is 4.19. The Morgan fingerprint density at radius 1 is 1.22 bits per heavy atom. The topological polar surface area (TPSA) is 72.8 Å². The summed E-state index contributed by atoms with van der Waals surface area (Å²) >= 11 is 0. The smallest absolute Gasteiger partial charge is 0.303 e. The molecule has 5 heteroatoms. The predicted molar refractivity (Wildman–Crippen MR) is 63.1 cm³/mol. The molecule has 1 aliphatic heterocycles. The van der Waals surface area contributed by atoms with Crippen molar-refractivity contribution in [1.29, 1.82) is 0 Å². The number of aliphatic carboxylic acids is 1. The van der Waals surface area contributed by atoms with Gasteiger partial charge in [0.15, 0.2) is 17.3 Å². The Balaban J connectivity index is 2.08. The molecule has 96 valence electrons. The van der Waals surface area contributed by atoms with Gasteiger partial charge in [-0.05, 0) is 31.0 Å². The van der Waals surface area contributed by atoms with Crippen molar-refractivity contribution in [3.63, 3.8) is 0 Å². The second kappa shape index (κ2) is 5.08. The number of carbonyl (C=O) groups excluding carboxylic acids is 1. The van der Waals surface area contributed by atoms with Gasteiger partial charge in [-0.25, -0.2) is 0 Å². The van der Waals surface area contributed by atoms with Crippen LogP contribution in [0.4, 0.5) is 0 Å². The van der Waals surface area contributed by atoms with E-state index in [0.717, 1.165) is 5.56 Å². The zero-order chi connectivity index (χ0) is 13.1. The normalized spacial score (nSPS) is 12.5. The molecule has 0 bridgehead atoms. The highest BCUT2D eigenvalue weighted by Crippen LogP contribution is 2.35. The number of hydrogen-bond donors (Lipinski definition) is 1. The van der Waals surface area contributed by atoms with E-state index in [1.807, 2.05) is 6.92 Å². The van der Waals surface area contributed by atoms with Crippen LogP contribution in [0, 0.1) is 6.92 Å². The first-order valence-electron chi connectivity index (χ1n) is 5.73. The average Bonchev–Trinajstić information content (AvgIpc) is 2.74. The molecule has 0 fully saturated rings. The molecule has 1 aromatic carbocycles. The third kappa shape index (κ3) is 2.61. The number of benzene rings is 1. The van der Waals surface area contributed by atoms with E-state index < -0.39 is 5.97 Å². The molecule has 1 aliphatic rings. The molecule has 2 rings (SSSR count). The van der Waals surface area contributed by atoms with E-state index in [0.29, 0.717) is 23.5 Å². The monoisotopic (exact) mass is 250 g/mol. The van der Waals surface area contributed by atoms with Crippen LogP contribution in [0.25, 0.3) is 0 Å². The van der Waals surface area contributed by atoms with Crippen LogP contribution in [0.15, 0.2) is 12.1 Å². The van der Waals surface area contributed by atoms with Crippen LogP contribution in [0.5, 0.6) is 11.5 Å². The lowest BCUT2D eigenvalue weighted by molar-refractivity contribution is -0.137. The van der Waals surface area contributed by atoms with Gasteiger partial charge in [0.05, 0.1) is 0 Å². The van der Waals surface area contributed by atoms with Gasteiger partial charge < -0.3 is 14.6 Å². The van der Waals surface area contributed by atoms with Gasteiger partial charge in [-0.1, -0.05) is 0 Å². The molecule has 0 radical (unpaired) electrons. The number of carbonyl (C=O) groups is 2. The predicted octanol–water partition coefficient (Wildman–Crippen LogP) is 2.16. The third-order valence-corrected chi connectivity index (χ3v) is 2.81. The van der Waals surface area contributed by atoms with Crippen LogP contribution in [0.1, 0.15) is 35.2 Å². The second-order valence-corrected chi connectivity index (χ2v) is 4.19. The van der Waals surface area contributed by atoms with Crippen LogP contribution in [-0.2, 0) is 4.79 Å². The summed E-state index contributed by atoms with van der Waals surface area (Å²) in [6.45, 7) is 2.00. The van der Waals surface area contributed by atoms with Gasteiger partial charge in [0, 0.05) is 18.4 Å². The van der Waals surface area contributed by atoms with Crippen molar-refractivity contribution >= 4 is 11.8 Å². The summed E-state index contributed by atoms with van der Waals surface area (Å²) in [5.41, 5.74) is 1.39. The number of ketones is 1. The van der Waals surface area contributed by atoms with Gasteiger partial charge in [-0.3, -0.25) is 9.59 Å². The number of rotatable bonds is 5. The van der Waals surface area contributed by atoms with Gasteiger partial charge >= 0.3 is 5.97 Å². The molecule has 0 aliphatic carbocycles. The number of ether oxygens (including phenoxy) is 2. The standard InChI is InChI=1S/C13H14O5/c1-8-5-11-12(18-7-17-11)6-9(8)10(14)3-2-4-13(15)16/h5-6H,2-4,7H2,1H3,(H,15,16). The number of fused-ring (bicyclic) bond motifs is 1. The Bertz CT molecular complexity index is 492.